The van der Waals surface area contributed by atoms with Crippen LogP contribution in [0.3, 0.4) is 0 Å². The van der Waals surface area contributed by atoms with Gasteiger partial charge in [0.15, 0.2) is 0 Å². The molecule has 1 unspecified atom stereocenters. The first-order valence-corrected chi connectivity index (χ1v) is 7.36. The van der Waals surface area contributed by atoms with Gasteiger partial charge < -0.3 is 10.1 Å². The standard InChI is InChI=1S/C18H17F2NO3/c1-12-7-5-6-10-14(12)16(17(22)21-11-15(19)20)24-18(23)13-8-3-2-4-9-13/h2-10,15-16H,11H2,1H3,(H,21,22). The molecule has 0 heterocycles. The molecule has 2 aromatic carbocycles. The number of carbonyl (C=O) groups excluding carboxylic acids is 2. The first kappa shape index (κ1) is 17.6. The van der Waals surface area contributed by atoms with E-state index in [4.69, 9.17) is 4.74 Å². The summed E-state index contributed by atoms with van der Waals surface area (Å²) >= 11 is 0. The van der Waals surface area contributed by atoms with Gasteiger partial charge in [0.05, 0.1) is 12.1 Å². The molecule has 0 spiro atoms. The van der Waals surface area contributed by atoms with Crippen LogP contribution in [0.5, 0.6) is 0 Å². The fourth-order valence-corrected chi connectivity index (χ4v) is 2.16. The van der Waals surface area contributed by atoms with Crippen LogP contribution in [0.4, 0.5) is 8.78 Å². The topological polar surface area (TPSA) is 55.4 Å². The van der Waals surface area contributed by atoms with Gasteiger partial charge in [0.25, 0.3) is 12.3 Å². The van der Waals surface area contributed by atoms with Gasteiger partial charge in [-0.3, -0.25) is 4.79 Å². The highest BCUT2D eigenvalue weighted by molar-refractivity contribution is 5.92. The average molecular weight is 333 g/mol. The van der Waals surface area contributed by atoms with Crippen molar-refractivity contribution in [3.8, 4) is 0 Å². The maximum atomic E-state index is 12.3. The van der Waals surface area contributed by atoms with E-state index in [9.17, 15) is 18.4 Å². The molecule has 0 aromatic heterocycles. The van der Waals surface area contributed by atoms with E-state index < -0.39 is 31.0 Å². The second kappa shape index (κ2) is 8.19. The molecule has 0 bridgehead atoms. The number of amides is 1. The van der Waals surface area contributed by atoms with E-state index in [1.165, 1.54) is 0 Å². The number of hydrogen-bond acceptors (Lipinski definition) is 3. The zero-order valence-corrected chi connectivity index (χ0v) is 13.0. The zero-order chi connectivity index (χ0) is 17.5. The maximum absolute atomic E-state index is 12.3. The average Bonchev–Trinajstić information content (AvgIpc) is 2.59. The summed E-state index contributed by atoms with van der Waals surface area (Å²) in [6.07, 6.45) is -3.98. The van der Waals surface area contributed by atoms with Gasteiger partial charge in [-0.25, -0.2) is 13.6 Å². The molecule has 2 rings (SSSR count). The Kier molecular flexibility index (Phi) is 6.01. The highest BCUT2D eigenvalue weighted by atomic mass is 19.3. The molecule has 1 N–H and O–H groups in total. The minimum Gasteiger partial charge on any atom is -0.444 e. The first-order valence-electron chi connectivity index (χ1n) is 7.36. The molecule has 2 aromatic rings. The number of rotatable bonds is 6. The molecule has 6 heteroatoms. The molecule has 0 fully saturated rings. The molecule has 24 heavy (non-hydrogen) atoms. The maximum Gasteiger partial charge on any atom is 0.339 e. The van der Waals surface area contributed by atoms with E-state index >= 15 is 0 Å². The van der Waals surface area contributed by atoms with Crippen LogP contribution in [0, 0.1) is 6.92 Å². The lowest BCUT2D eigenvalue weighted by atomic mass is 10.0. The Hall–Kier alpha value is -2.76. The van der Waals surface area contributed by atoms with Crippen molar-refractivity contribution in [2.45, 2.75) is 19.5 Å². The van der Waals surface area contributed by atoms with Crippen LogP contribution in [0.1, 0.15) is 27.6 Å². The summed E-state index contributed by atoms with van der Waals surface area (Å²) in [7, 11) is 0. The molecular weight excluding hydrogens is 316 g/mol. The first-order chi connectivity index (χ1) is 11.5. The molecule has 0 radical (unpaired) electrons. The van der Waals surface area contributed by atoms with E-state index in [0.717, 1.165) is 5.56 Å². The Bertz CT molecular complexity index is 704. The summed E-state index contributed by atoms with van der Waals surface area (Å²) in [5.41, 5.74) is 1.45. The van der Waals surface area contributed by atoms with E-state index in [1.807, 2.05) is 0 Å². The predicted molar refractivity (Wildman–Crippen MR) is 84.8 cm³/mol. The Balaban J connectivity index is 2.24. The Morgan fingerprint density at radius 3 is 2.29 bits per heavy atom. The van der Waals surface area contributed by atoms with Crippen LogP contribution in [0.15, 0.2) is 54.6 Å². The third-order valence-corrected chi connectivity index (χ3v) is 3.37. The van der Waals surface area contributed by atoms with Crippen molar-refractivity contribution in [2.75, 3.05) is 6.54 Å². The quantitative estimate of drug-likeness (QED) is 0.826. The predicted octanol–water partition coefficient (Wildman–Crippen LogP) is 3.27. The van der Waals surface area contributed by atoms with Crippen molar-refractivity contribution in [3.05, 3.63) is 71.3 Å². The lowest BCUT2D eigenvalue weighted by molar-refractivity contribution is -0.131. The highest BCUT2D eigenvalue weighted by Gasteiger charge is 2.27. The fourth-order valence-electron chi connectivity index (χ4n) is 2.16. The summed E-state index contributed by atoms with van der Waals surface area (Å²) in [6, 6.07) is 15.0. The lowest BCUT2D eigenvalue weighted by Gasteiger charge is -2.19. The van der Waals surface area contributed by atoms with Crippen LogP contribution in [-0.2, 0) is 9.53 Å². The van der Waals surface area contributed by atoms with Crippen LogP contribution in [-0.4, -0.2) is 24.8 Å². The monoisotopic (exact) mass is 333 g/mol. The third-order valence-electron chi connectivity index (χ3n) is 3.37. The number of esters is 1. The van der Waals surface area contributed by atoms with Crippen LogP contribution < -0.4 is 5.32 Å². The fraction of sp³-hybridized carbons (Fsp3) is 0.222. The Morgan fingerprint density at radius 2 is 1.67 bits per heavy atom. The minimum absolute atomic E-state index is 0.276. The summed E-state index contributed by atoms with van der Waals surface area (Å²) in [6.45, 7) is 0.948. The summed E-state index contributed by atoms with van der Waals surface area (Å²) in [5, 5.41) is 2.10. The molecule has 1 amide bonds. The van der Waals surface area contributed by atoms with Crippen molar-refractivity contribution in [3.63, 3.8) is 0 Å². The Labute approximate surface area is 138 Å². The van der Waals surface area contributed by atoms with E-state index in [-0.39, 0.29) is 5.56 Å². The summed E-state index contributed by atoms with van der Waals surface area (Å²) in [5.74, 6) is -1.48. The molecule has 0 aliphatic rings. The van der Waals surface area contributed by atoms with Crippen molar-refractivity contribution in [1.82, 2.24) is 5.32 Å². The minimum atomic E-state index is -2.68. The number of carbonyl (C=O) groups is 2. The number of hydrogen-bond donors (Lipinski definition) is 1. The SMILES string of the molecule is Cc1ccccc1C(OC(=O)c1ccccc1)C(=O)NCC(F)F. The number of nitrogens with one attached hydrogen (secondary N) is 1. The largest absolute Gasteiger partial charge is 0.444 e. The summed E-state index contributed by atoms with van der Waals surface area (Å²) < 4.78 is 30.0. The van der Waals surface area contributed by atoms with Crippen molar-refractivity contribution < 1.29 is 23.1 Å². The Morgan fingerprint density at radius 1 is 1.04 bits per heavy atom. The molecular formula is C18H17F2NO3. The van der Waals surface area contributed by atoms with Gasteiger partial charge >= 0.3 is 5.97 Å². The molecule has 1 atom stereocenters. The van der Waals surface area contributed by atoms with Gasteiger partial charge in [0, 0.05) is 5.56 Å². The van der Waals surface area contributed by atoms with E-state index in [0.29, 0.717) is 5.56 Å². The van der Waals surface area contributed by atoms with Gasteiger partial charge in [-0.1, -0.05) is 42.5 Å². The zero-order valence-electron chi connectivity index (χ0n) is 13.0. The van der Waals surface area contributed by atoms with Crippen molar-refractivity contribution >= 4 is 11.9 Å². The molecule has 0 saturated heterocycles. The van der Waals surface area contributed by atoms with E-state index in [1.54, 1.807) is 61.5 Å². The second-order valence-electron chi connectivity index (χ2n) is 5.14. The molecule has 0 aliphatic carbocycles. The highest BCUT2D eigenvalue weighted by Crippen LogP contribution is 2.23. The van der Waals surface area contributed by atoms with Gasteiger partial charge in [-0.05, 0) is 24.6 Å². The van der Waals surface area contributed by atoms with Gasteiger partial charge in [-0.15, -0.1) is 0 Å². The molecule has 4 nitrogen and oxygen atoms in total. The van der Waals surface area contributed by atoms with Crippen molar-refractivity contribution in [1.29, 1.82) is 0 Å². The molecule has 126 valence electrons. The molecule has 0 saturated carbocycles. The van der Waals surface area contributed by atoms with Crippen LogP contribution >= 0.6 is 0 Å². The third kappa shape index (κ3) is 4.62. The van der Waals surface area contributed by atoms with Gasteiger partial charge in [-0.2, -0.15) is 0 Å². The number of ether oxygens (including phenoxy) is 1. The van der Waals surface area contributed by atoms with Gasteiger partial charge in [0.2, 0.25) is 6.10 Å². The number of benzene rings is 2. The number of aryl methyl sites for hydroxylation is 1. The van der Waals surface area contributed by atoms with Gasteiger partial charge in [0.1, 0.15) is 0 Å². The smallest absolute Gasteiger partial charge is 0.339 e. The second-order valence-corrected chi connectivity index (χ2v) is 5.14. The lowest BCUT2D eigenvalue weighted by Crippen LogP contribution is -2.35. The normalized spacial score (nSPS) is 11.8. The molecule has 0 aliphatic heterocycles. The number of halogens is 2. The van der Waals surface area contributed by atoms with Crippen LogP contribution in [0.25, 0.3) is 0 Å². The van der Waals surface area contributed by atoms with Crippen LogP contribution in [0.2, 0.25) is 0 Å². The van der Waals surface area contributed by atoms with Crippen molar-refractivity contribution in [2.24, 2.45) is 0 Å². The summed E-state index contributed by atoms with van der Waals surface area (Å²) in [4.78, 5) is 24.5. The van der Waals surface area contributed by atoms with E-state index in [2.05, 4.69) is 5.32 Å². The number of alkyl halides is 2.